The average molecular weight is 460 g/mol. The molecule has 1 aliphatic rings. The zero-order valence-corrected chi connectivity index (χ0v) is 18.4. The van der Waals surface area contributed by atoms with Crippen molar-refractivity contribution in [2.45, 2.75) is 16.6 Å². The Labute approximate surface area is 185 Å². The van der Waals surface area contributed by atoms with Crippen molar-refractivity contribution in [2.24, 2.45) is 4.40 Å². The van der Waals surface area contributed by atoms with Gasteiger partial charge in [-0.2, -0.15) is 8.42 Å². The molecule has 0 radical (unpaired) electrons. The van der Waals surface area contributed by atoms with Crippen molar-refractivity contribution in [1.82, 2.24) is 4.90 Å². The molecule has 2 aromatic rings. The van der Waals surface area contributed by atoms with Crippen LogP contribution in [0.2, 0.25) is 0 Å². The molecular formula is C21H21N3O5S2. The second-order valence-corrected chi connectivity index (χ2v) is 9.26. The molecule has 1 heterocycles. The van der Waals surface area contributed by atoms with E-state index < -0.39 is 21.2 Å². The third kappa shape index (κ3) is 5.53. The number of amidine groups is 1. The number of amides is 2. The zero-order valence-electron chi connectivity index (χ0n) is 16.7. The van der Waals surface area contributed by atoms with Gasteiger partial charge in [-0.15, -0.1) is 11.0 Å². The van der Waals surface area contributed by atoms with Crippen LogP contribution in [-0.2, 0) is 19.6 Å². The molecule has 10 heteroatoms. The molecule has 8 nitrogen and oxygen atoms in total. The fourth-order valence-corrected chi connectivity index (χ4v) is 5.20. The Balaban J connectivity index is 1.75. The molecule has 1 aliphatic heterocycles. The quantitative estimate of drug-likeness (QED) is 0.609. The highest BCUT2D eigenvalue weighted by atomic mass is 32.2. The van der Waals surface area contributed by atoms with Crippen LogP contribution in [-0.4, -0.2) is 49.2 Å². The van der Waals surface area contributed by atoms with Crippen molar-refractivity contribution in [2.75, 3.05) is 19.0 Å². The minimum Gasteiger partial charge on any atom is -0.497 e. The topological polar surface area (TPSA) is 105 Å². The maximum atomic E-state index is 12.8. The highest BCUT2D eigenvalue weighted by molar-refractivity contribution is 8.16. The standard InChI is InChI=1S/C21H21N3O5S2/c1-3-13-24-20(26)18(14-19(25)22-15-9-11-16(29-2)12-10-15)30-21(24)23-31(27,28)17-7-5-4-6-8-17/h3-12,18H,1,13-14H2,2H3,(H,22,25)/b23-21+. The lowest BCUT2D eigenvalue weighted by molar-refractivity contribution is -0.127. The van der Waals surface area contributed by atoms with E-state index in [1.807, 2.05) is 0 Å². The molecule has 1 fully saturated rings. The number of benzene rings is 2. The number of thioether (sulfide) groups is 1. The predicted octanol–water partition coefficient (Wildman–Crippen LogP) is 2.90. The van der Waals surface area contributed by atoms with Gasteiger partial charge in [0.1, 0.15) is 11.0 Å². The van der Waals surface area contributed by atoms with E-state index >= 15 is 0 Å². The van der Waals surface area contributed by atoms with Gasteiger partial charge in [0.05, 0.1) is 12.0 Å². The number of hydrogen-bond donors (Lipinski definition) is 1. The van der Waals surface area contributed by atoms with Gasteiger partial charge in [-0.3, -0.25) is 14.5 Å². The zero-order chi connectivity index (χ0) is 22.4. The van der Waals surface area contributed by atoms with E-state index in [0.717, 1.165) is 11.8 Å². The molecule has 3 rings (SSSR count). The number of hydrogen-bond acceptors (Lipinski definition) is 6. The maximum Gasteiger partial charge on any atom is 0.284 e. The maximum absolute atomic E-state index is 12.8. The molecule has 0 aromatic heterocycles. The summed E-state index contributed by atoms with van der Waals surface area (Å²) in [5.74, 6) is -0.112. The van der Waals surface area contributed by atoms with Gasteiger partial charge in [0, 0.05) is 18.7 Å². The third-order valence-corrected chi connectivity index (χ3v) is 6.89. The van der Waals surface area contributed by atoms with E-state index in [4.69, 9.17) is 4.74 Å². The number of sulfonamides is 1. The van der Waals surface area contributed by atoms with Gasteiger partial charge >= 0.3 is 0 Å². The fraction of sp³-hybridized carbons (Fsp3) is 0.190. The highest BCUT2D eigenvalue weighted by Gasteiger charge is 2.39. The minimum absolute atomic E-state index is 0.0230. The van der Waals surface area contributed by atoms with Gasteiger partial charge in [0.25, 0.3) is 10.0 Å². The first-order valence-electron chi connectivity index (χ1n) is 9.27. The Morgan fingerprint density at radius 3 is 2.52 bits per heavy atom. The van der Waals surface area contributed by atoms with Crippen LogP contribution in [0.1, 0.15) is 6.42 Å². The smallest absolute Gasteiger partial charge is 0.284 e. The van der Waals surface area contributed by atoms with E-state index in [1.54, 1.807) is 49.6 Å². The van der Waals surface area contributed by atoms with Crippen molar-refractivity contribution >= 4 is 44.5 Å². The lowest BCUT2D eigenvalue weighted by atomic mass is 10.2. The first-order chi connectivity index (χ1) is 14.8. The number of methoxy groups -OCH3 is 1. The summed E-state index contributed by atoms with van der Waals surface area (Å²) in [5, 5.41) is 1.95. The van der Waals surface area contributed by atoms with E-state index in [1.165, 1.54) is 23.1 Å². The van der Waals surface area contributed by atoms with E-state index in [0.29, 0.717) is 11.4 Å². The summed E-state index contributed by atoms with van der Waals surface area (Å²) in [6.45, 7) is 3.70. The van der Waals surface area contributed by atoms with Gasteiger partial charge in [0.2, 0.25) is 11.8 Å². The molecule has 1 unspecified atom stereocenters. The van der Waals surface area contributed by atoms with Crippen LogP contribution in [0.4, 0.5) is 5.69 Å². The van der Waals surface area contributed by atoms with Crippen LogP contribution < -0.4 is 10.1 Å². The summed E-state index contributed by atoms with van der Waals surface area (Å²) >= 11 is 0.952. The highest BCUT2D eigenvalue weighted by Crippen LogP contribution is 2.31. The number of carbonyl (C=O) groups excluding carboxylic acids is 2. The SMILES string of the molecule is C=CCN1C(=O)C(CC(=O)Nc2ccc(OC)cc2)S/C1=N/S(=O)(=O)c1ccccc1. The predicted molar refractivity (Wildman–Crippen MR) is 121 cm³/mol. The number of nitrogens with zero attached hydrogens (tertiary/aromatic N) is 2. The lowest BCUT2D eigenvalue weighted by Gasteiger charge is -2.13. The molecule has 1 atom stereocenters. The molecular weight excluding hydrogens is 438 g/mol. The summed E-state index contributed by atoms with van der Waals surface area (Å²) in [5.41, 5.74) is 0.560. The normalized spacial score (nSPS) is 17.6. The third-order valence-electron chi connectivity index (χ3n) is 4.32. The second kappa shape index (κ2) is 9.80. The number of nitrogens with one attached hydrogen (secondary N) is 1. The molecule has 2 amide bonds. The summed E-state index contributed by atoms with van der Waals surface area (Å²) in [7, 11) is -2.45. The fourth-order valence-electron chi connectivity index (χ4n) is 2.81. The Kier molecular flexibility index (Phi) is 7.13. The molecule has 0 saturated carbocycles. The van der Waals surface area contributed by atoms with Crippen LogP contribution in [0.5, 0.6) is 5.75 Å². The largest absolute Gasteiger partial charge is 0.497 e. The van der Waals surface area contributed by atoms with Crippen molar-refractivity contribution in [3.05, 3.63) is 67.3 Å². The summed E-state index contributed by atoms with van der Waals surface area (Å²) in [4.78, 5) is 26.5. The van der Waals surface area contributed by atoms with E-state index in [2.05, 4.69) is 16.3 Å². The van der Waals surface area contributed by atoms with Gasteiger partial charge in [0.15, 0.2) is 5.17 Å². The lowest BCUT2D eigenvalue weighted by Crippen LogP contribution is -2.33. The van der Waals surface area contributed by atoms with Gasteiger partial charge in [-0.05, 0) is 36.4 Å². The van der Waals surface area contributed by atoms with Gasteiger partial charge in [-0.1, -0.05) is 36.0 Å². The second-order valence-electron chi connectivity index (χ2n) is 6.49. The molecule has 31 heavy (non-hydrogen) atoms. The van der Waals surface area contributed by atoms with Crippen LogP contribution in [0.25, 0.3) is 0 Å². The Bertz CT molecular complexity index is 1100. The van der Waals surface area contributed by atoms with Crippen LogP contribution in [0.3, 0.4) is 0 Å². The van der Waals surface area contributed by atoms with Crippen LogP contribution >= 0.6 is 11.8 Å². The first-order valence-corrected chi connectivity index (χ1v) is 11.6. The number of rotatable bonds is 8. The molecule has 0 bridgehead atoms. The number of carbonyl (C=O) groups is 2. The molecule has 1 N–H and O–H groups in total. The van der Waals surface area contributed by atoms with Gasteiger partial charge in [-0.25, -0.2) is 0 Å². The molecule has 162 valence electrons. The first kappa shape index (κ1) is 22.6. The summed E-state index contributed by atoms with van der Waals surface area (Å²) < 4.78 is 34.2. The van der Waals surface area contributed by atoms with Gasteiger partial charge < -0.3 is 10.1 Å². The Morgan fingerprint density at radius 1 is 1.23 bits per heavy atom. The molecule has 2 aromatic carbocycles. The molecule has 0 aliphatic carbocycles. The minimum atomic E-state index is -4.00. The van der Waals surface area contributed by atoms with Crippen LogP contribution in [0.15, 0.2) is 76.5 Å². The average Bonchev–Trinajstić information content (AvgIpc) is 3.03. The monoisotopic (exact) mass is 459 g/mol. The Hall–Kier alpha value is -3.11. The number of ether oxygens (including phenoxy) is 1. The van der Waals surface area contributed by atoms with E-state index in [9.17, 15) is 18.0 Å². The van der Waals surface area contributed by atoms with Crippen molar-refractivity contribution < 1.29 is 22.7 Å². The van der Waals surface area contributed by atoms with Crippen molar-refractivity contribution in [3.63, 3.8) is 0 Å². The Morgan fingerprint density at radius 2 is 1.90 bits per heavy atom. The summed E-state index contributed by atoms with van der Waals surface area (Å²) in [6.07, 6.45) is 1.34. The summed E-state index contributed by atoms with van der Waals surface area (Å²) in [6, 6.07) is 14.5. The van der Waals surface area contributed by atoms with Crippen molar-refractivity contribution in [3.8, 4) is 5.75 Å². The van der Waals surface area contributed by atoms with E-state index in [-0.39, 0.29) is 28.9 Å². The van der Waals surface area contributed by atoms with Crippen LogP contribution in [0, 0.1) is 0 Å². The van der Waals surface area contributed by atoms with Crippen molar-refractivity contribution in [1.29, 1.82) is 0 Å². The molecule has 1 saturated heterocycles. The number of anilines is 1. The molecule has 0 spiro atoms.